The molecular formula is C16H13F3O3. The average molecular weight is 310 g/mol. The van der Waals surface area contributed by atoms with Crippen LogP contribution in [0.25, 0.3) is 11.1 Å². The van der Waals surface area contributed by atoms with Crippen molar-refractivity contribution >= 4 is 5.97 Å². The van der Waals surface area contributed by atoms with Crippen LogP contribution < -0.4 is 0 Å². The Bertz CT molecular complexity index is 694. The van der Waals surface area contributed by atoms with Gasteiger partial charge in [-0.05, 0) is 36.5 Å². The molecule has 0 radical (unpaired) electrons. The summed E-state index contributed by atoms with van der Waals surface area (Å²) in [5.41, 5.74) is -0.00504. The molecule has 1 heterocycles. The molecule has 0 amide bonds. The van der Waals surface area contributed by atoms with Crippen LogP contribution in [0.15, 0.2) is 34.9 Å². The fourth-order valence-corrected chi connectivity index (χ4v) is 2.42. The molecule has 1 aliphatic carbocycles. The second-order valence-corrected chi connectivity index (χ2v) is 5.48. The number of aromatic carboxylic acids is 1. The smallest absolute Gasteiger partial charge is 0.416 e. The summed E-state index contributed by atoms with van der Waals surface area (Å²) in [4.78, 5) is 11.5. The highest BCUT2D eigenvalue weighted by Gasteiger charge is 2.31. The van der Waals surface area contributed by atoms with Gasteiger partial charge < -0.3 is 9.52 Å². The topological polar surface area (TPSA) is 50.4 Å². The van der Waals surface area contributed by atoms with Gasteiger partial charge in [-0.1, -0.05) is 12.1 Å². The van der Waals surface area contributed by atoms with Crippen LogP contribution in [0.4, 0.5) is 13.2 Å². The van der Waals surface area contributed by atoms with E-state index in [2.05, 4.69) is 0 Å². The van der Waals surface area contributed by atoms with Crippen molar-refractivity contribution in [1.29, 1.82) is 0 Å². The maximum absolute atomic E-state index is 12.6. The number of benzene rings is 1. The maximum Gasteiger partial charge on any atom is 0.416 e. The number of carboxylic acid groups (broad SMARTS) is 1. The van der Waals surface area contributed by atoms with E-state index in [0.717, 1.165) is 25.0 Å². The number of furan rings is 1. The first-order chi connectivity index (χ1) is 10.4. The minimum absolute atomic E-state index is 0.0478. The molecule has 0 saturated heterocycles. The lowest BCUT2D eigenvalue weighted by Crippen LogP contribution is -2.04. The van der Waals surface area contributed by atoms with Crippen molar-refractivity contribution in [3.8, 4) is 11.1 Å². The normalized spacial score (nSPS) is 15.0. The van der Waals surface area contributed by atoms with Crippen LogP contribution in [0, 0.1) is 5.92 Å². The molecule has 3 nitrogen and oxygen atoms in total. The monoisotopic (exact) mass is 310 g/mol. The molecule has 0 unspecified atom stereocenters. The quantitative estimate of drug-likeness (QED) is 0.896. The first-order valence-electron chi connectivity index (χ1n) is 6.87. The van der Waals surface area contributed by atoms with Gasteiger partial charge in [0.25, 0.3) is 0 Å². The number of hydrogen-bond donors (Lipinski definition) is 1. The Balaban J connectivity index is 1.97. The molecule has 0 spiro atoms. The summed E-state index contributed by atoms with van der Waals surface area (Å²) >= 11 is 0. The predicted octanol–water partition coefficient (Wildman–Crippen LogP) is 4.62. The summed E-state index contributed by atoms with van der Waals surface area (Å²) in [5.74, 6) is -0.283. The van der Waals surface area contributed by atoms with E-state index >= 15 is 0 Å². The van der Waals surface area contributed by atoms with Gasteiger partial charge >= 0.3 is 12.1 Å². The van der Waals surface area contributed by atoms with Crippen LogP contribution >= 0.6 is 0 Å². The molecule has 0 atom stereocenters. The molecule has 0 bridgehead atoms. The van der Waals surface area contributed by atoms with Gasteiger partial charge in [-0.15, -0.1) is 0 Å². The second-order valence-electron chi connectivity index (χ2n) is 5.48. The van der Waals surface area contributed by atoms with E-state index in [1.165, 1.54) is 18.4 Å². The summed E-state index contributed by atoms with van der Waals surface area (Å²) in [5, 5.41) is 9.37. The minimum Gasteiger partial charge on any atom is -0.478 e. The van der Waals surface area contributed by atoms with Crippen LogP contribution in [-0.2, 0) is 12.6 Å². The summed E-state index contributed by atoms with van der Waals surface area (Å²) in [6.07, 6.45) is -0.446. The third-order valence-corrected chi connectivity index (χ3v) is 3.78. The zero-order chi connectivity index (χ0) is 15.9. The largest absolute Gasteiger partial charge is 0.478 e. The predicted molar refractivity (Wildman–Crippen MR) is 72.5 cm³/mol. The number of hydrogen-bond acceptors (Lipinski definition) is 2. The second kappa shape index (κ2) is 5.19. The molecule has 22 heavy (non-hydrogen) atoms. The van der Waals surface area contributed by atoms with E-state index in [0.29, 0.717) is 29.2 Å². The molecule has 116 valence electrons. The number of halogens is 3. The first kappa shape index (κ1) is 14.7. The van der Waals surface area contributed by atoms with Gasteiger partial charge in [0.05, 0.1) is 11.8 Å². The summed E-state index contributed by atoms with van der Waals surface area (Å²) in [7, 11) is 0. The fourth-order valence-electron chi connectivity index (χ4n) is 2.42. The zero-order valence-corrected chi connectivity index (χ0v) is 11.5. The fraction of sp³-hybridized carbons (Fsp3) is 0.312. The van der Waals surface area contributed by atoms with Crippen molar-refractivity contribution in [3.63, 3.8) is 0 Å². The molecule has 3 rings (SSSR count). The van der Waals surface area contributed by atoms with Crippen LogP contribution in [-0.4, -0.2) is 11.1 Å². The zero-order valence-electron chi connectivity index (χ0n) is 11.5. The Kier molecular flexibility index (Phi) is 3.47. The molecule has 1 aliphatic rings. The lowest BCUT2D eigenvalue weighted by Gasteiger charge is -2.07. The van der Waals surface area contributed by atoms with E-state index in [4.69, 9.17) is 4.42 Å². The number of rotatable bonds is 4. The standard InChI is InChI=1S/C16H13F3O3/c17-16(18,19)11-5-3-10(4-6-11)12-8-22-13(7-9-1-2-9)14(12)15(20)21/h3-6,8-9H,1-2,7H2,(H,20,21). The lowest BCUT2D eigenvalue weighted by atomic mass is 10.00. The Hall–Kier alpha value is -2.24. The molecule has 1 fully saturated rings. The van der Waals surface area contributed by atoms with Crippen LogP contribution in [0.2, 0.25) is 0 Å². The van der Waals surface area contributed by atoms with Crippen molar-refractivity contribution in [2.75, 3.05) is 0 Å². The molecule has 0 aliphatic heterocycles. The van der Waals surface area contributed by atoms with E-state index in [1.54, 1.807) is 0 Å². The number of carbonyl (C=O) groups is 1. The SMILES string of the molecule is O=C(O)c1c(-c2ccc(C(F)(F)F)cc2)coc1CC1CC1. The average Bonchev–Trinajstić information content (AvgIpc) is 3.15. The maximum atomic E-state index is 12.6. The van der Waals surface area contributed by atoms with Crippen molar-refractivity contribution in [1.82, 2.24) is 0 Å². The van der Waals surface area contributed by atoms with Crippen molar-refractivity contribution in [2.45, 2.75) is 25.4 Å². The Morgan fingerprint density at radius 2 is 1.86 bits per heavy atom. The van der Waals surface area contributed by atoms with E-state index in [1.807, 2.05) is 0 Å². The van der Waals surface area contributed by atoms with Gasteiger partial charge in [0, 0.05) is 12.0 Å². The van der Waals surface area contributed by atoms with Gasteiger partial charge in [0.1, 0.15) is 11.3 Å². The van der Waals surface area contributed by atoms with Crippen molar-refractivity contribution in [3.05, 3.63) is 47.4 Å². The van der Waals surface area contributed by atoms with E-state index in [-0.39, 0.29) is 5.56 Å². The highest BCUT2D eigenvalue weighted by Crippen LogP contribution is 2.37. The van der Waals surface area contributed by atoms with Gasteiger partial charge in [0.2, 0.25) is 0 Å². The van der Waals surface area contributed by atoms with Crippen LogP contribution in [0.3, 0.4) is 0 Å². The highest BCUT2D eigenvalue weighted by atomic mass is 19.4. The Morgan fingerprint density at radius 1 is 1.23 bits per heavy atom. The summed E-state index contributed by atoms with van der Waals surface area (Å²) in [6, 6.07) is 4.41. The first-order valence-corrected chi connectivity index (χ1v) is 6.87. The van der Waals surface area contributed by atoms with Crippen LogP contribution in [0.1, 0.15) is 34.5 Å². The van der Waals surface area contributed by atoms with Crippen molar-refractivity contribution in [2.24, 2.45) is 5.92 Å². The van der Waals surface area contributed by atoms with Gasteiger partial charge in [0.15, 0.2) is 0 Å². The van der Waals surface area contributed by atoms with Gasteiger partial charge in [-0.3, -0.25) is 0 Å². The van der Waals surface area contributed by atoms with Gasteiger partial charge in [-0.2, -0.15) is 13.2 Å². The van der Waals surface area contributed by atoms with Crippen LogP contribution in [0.5, 0.6) is 0 Å². The molecule has 1 aromatic heterocycles. The lowest BCUT2D eigenvalue weighted by molar-refractivity contribution is -0.137. The van der Waals surface area contributed by atoms with E-state index < -0.39 is 17.7 Å². The van der Waals surface area contributed by atoms with E-state index in [9.17, 15) is 23.1 Å². The molecular weight excluding hydrogens is 297 g/mol. The minimum atomic E-state index is -4.41. The summed E-state index contributed by atoms with van der Waals surface area (Å²) in [6.45, 7) is 0. The number of carboxylic acids is 1. The molecule has 1 saturated carbocycles. The molecule has 1 N–H and O–H groups in total. The third kappa shape index (κ3) is 2.86. The van der Waals surface area contributed by atoms with Crippen molar-refractivity contribution < 1.29 is 27.5 Å². The molecule has 6 heteroatoms. The number of alkyl halides is 3. The third-order valence-electron chi connectivity index (χ3n) is 3.78. The van der Waals surface area contributed by atoms with Gasteiger partial charge in [-0.25, -0.2) is 4.79 Å². The molecule has 1 aromatic carbocycles. The Labute approximate surface area is 124 Å². The molecule has 2 aromatic rings. The highest BCUT2D eigenvalue weighted by molar-refractivity contribution is 5.97. The summed E-state index contributed by atoms with van der Waals surface area (Å²) < 4.78 is 43.1. The Morgan fingerprint density at radius 3 is 2.36 bits per heavy atom.